The second kappa shape index (κ2) is 2.92. The average molecular weight is 243 g/mol. The standard InChI is InChI=1S/C8H7BrN2O2/c1-4-7(11-13-8(4)10)5-2-6(9)12-3-5/h2-3H,10H2,1H3. The first-order valence-corrected chi connectivity index (χ1v) is 4.44. The molecule has 13 heavy (non-hydrogen) atoms. The molecule has 2 heterocycles. The molecule has 0 aliphatic carbocycles. The maximum absolute atomic E-state index is 5.51. The fourth-order valence-electron chi connectivity index (χ4n) is 1.05. The van der Waals surface area contributed by atoms with Crippen molar-refractivity contribution in [2.24, 2.45) is 0 Å². The summed E-state index contributed by atoms with van der Waals surface area (Å²) in [6.45, 7) is 1.85. The SMILES string of the molecule is Cc1c(-c2coc(Br)c2)noc1N. The smallest absolute Gasteiger partial charge is 0.225 e. The molecule has 0 radical (unpaired) electrons. The van der Waals surface area contributed by atoms with Crippen LogP contribution in [0.4, 0.5) is 5.88 Å². The third-order valence-electron chi connectivity index (χ3n) is 1.80. The molecule has 0 atom stereocenters. The molecule has 0 amide bonds. The molecule has 0 saturated carbocycles. The molecule has 2 rings (SSSR count). The van der Waals surface area contributed by atoms with Gasteiger partial charge in [0.15, 0.2) is 4.67 Å². The number of rotatable bonds is 1. The lowest BCUT2D eigenvalue weighted by molar-refractivity contribution is 0.438. The Bertz CT molecular complexity index is 433. The van der Waals surface area contributed by atoms with E-state index in [1.165, 1.54) is 0 Å². The molecular formula is C8H7BrN2O2. The van der Waals surface area contributed by atoms with E-state index in [9.17, 15) is 0 Å². The van der Waals surface area contributed by atoms with Crippen LogP contribution in [-0.2, 0) is 0 Å². The highest BCUT2D eigenvalue weighted by Gasteiger charge is 2.12. The zero-order valence-corrected chi connectivity index (χ0v) is 8.46. The van der Waals surface area contributed by atoms with E-state index in [0.717, 1.165) is 11.1 Å². The van der Waals surface area contributed by atoms with Gasteiger partial charge in [-0.1, -0.05) is 5.16 Å². The first kappa shape index (κ1) is 8.37. The number of nitrogen functional groups attached to an aromatic ring is 1. The molecule has 5 heteroatoms. The van der Waals surface area contributed by atoms with Crippen molar-refractivity contribution < 1.29 is 8.94 Å². The lowest BCUT2D eigenvalue weighted by Crippen LogP contribution is -1.83. The number of nitrogens with two attached hydrogens (primary N) is 1. The molecule has 68 valence electrons. The first-order valence-electron chi connectivity index (χ1n) is 3.64. The topological polar surface area (TPSA) is 65.2 Å². The predicted molar refractivity (Wildman–Crippen MR) is 51.1 cm³/mol. The summed E-state index contributed by atoms with van der Waals surface area (Å²) >= 11 is 3.20. The number of halogens is 1. The Morgan fingerprint density at radius 2 is 2.31 bits per heavy atom. The Labute approximate surface area is 82.8 Å². The zero-order valence-electron chi connectivity index (χ0n) is 6.87. The van der Waals surface area contributed by atoms with Crippen LogP contribution in [0.1, 0.15) is 5.56 Å². The molecule has 2 N–H and O–H groups in total. The van der Waals surface area contributed by atoms with Gasteiger partial charge in [0.1, 0.15) is 12.0 Å². The minimum Gasteiger partial charge on any atom is -0.457 e. The van der Waals surface area contributed by atoms with E-state index in [-0.39, 0.29) is 0 Å². The number of anilines is 1. The third-order valence-corrected chi connectivity index (χ3v) is 2.22. The highest BCUT2D eigenvalue weighted by molar-refractivity contribution is 9.10. The Morgan fingerprint density at radius 1 is 1.54 bits per heavy atom. The van der Waals surface area contributed by atoms with E-state index in [2.05, 4.69) is 21.1 Å². The van der Waals surface area contributed by atoms with Crippen LogP contribution in [0.5, 0.6) is 0 Å². The molecule has 0 aliphatic rings. The van der Waals surface area contributed by atoms with E-state index < -0.39 is 0 Å². The Morgan fingerprint density at radius 3 is 2.77 bits per heavy atom. The molecule has 0 unspecified atom stereocenters. The normalized spacial score (nSPS) is 10.6. The van der Waals surface area contributed by atoms with Crippen molar-refractivity contribution in [2.75, 3.05) is 5.73 Å². The zero-order chi connectivity index (χ0) is 9.42. The summed E-state index contributed by atoms with van der Waals surface area (Å²) < 4.78 is 10.6. The summed E-state index contributed by atoms with van der Waals surface area (Å²) in [5, 5.41) is 3.82. The monoisotopic (exact) mass is 242 g/mol. The summed E-state index contributed by atoms with van der Waals surface area (Å²) in [6, 6.07) is 1.81. The van der Waals surface area contributed by atoms with Crippen molar-refractivity contribution in [2.45, 2.75) is 6.92 Å². The van der Waals surface area contributed by atoms with E-state index in [1.54, 1.807) is 6.26 Å². The van der Waals surface area contributed by atoms with Gasteiger partial charge in [0, 0.05) is 17.2 Å². The lowest BCUT2D eigenvalue weighted by Gasteiger charge is -1.88. The molecular weight excluding hydrogens is 236 g/mol. The van der Waals surface area contributed by atoms with Crippen molar-refractivity contribution in [1.29, 1.82) is 0 Å². The molecule has 2 aromatic heterocycles. The third kappa shape index (κ3) is 1.35. The predicted octanol–water partition coefficient (Wildman–Crippen LogP) is 2.59. The molecule has 2 aromatic rings. The Hall–Kier alpha value is -1.23. The first-order chi connectivity index (χ1) is 6.18. The van der Waals surface area contributed by atoms with Gasteiger partial charge in [0.25, 0.3) is 0 Å². The van der Waals surface area contributed by atoms with Gasteiger partial charge in [-0.3, -0.25) is 0 Å². The summed E-state index contributed by atoms with van der Waals surface area (Å²) in [6.07, 6.45) is 1.59. The van der Waals surface area contributed by atoms with Crippen LogP contribution in [0, 0.1) is 6.92 Å². The van der Waals surface area contributed by atoms with E-state index >= 15 is 0 Å². The Kier molecular flexibility index (Phi) is 1.88. The molecule has 0 fully saturated rings. The van der Waals surface area contributed by atoms with E-state index in [4.69, 9.17) is 14.7 Å². The van der Waals surface area contributed by atoms with Crippen molar-refractivity contribution in [3.8, 4) is 11.3 Å². The number of hydrogen-bond donors (Lipinski definition) is 1. The quantitative estimate of drug-likeness (QED) is 0.835. The summed E-state index contributed by atoms with van der Waals surface area (Å²) in [4.78, 5) is 0. The van der Waals surface area contributed by atoms with Gasteiger partial charge in [0.05, 0.1) is 0 Å². The number of hydrogen-bond acceptors (Lipinski definition) is 4. The van der Waals surface area contributed by atoms with Crippen molar-refractivity contribution in [1.82, 2.24) is 5.16 Å². The van der Waals surface area contributed by atoms with Crippen LogP contribution < -0.4 is 5.73 Å². The van der Waals surface area contributed by atoms with Crippen LogP contribution in [0.3, 0.4) is 0 Å². The molecule has 0 spiro atoms. The van der Waals surface area contributed by atoms with Crippen LogP contribution in [0.2, 0.25) is 0 Å². The minimum absolute atomic E-state index is 0.340. The van der Waals surface area contributed by atoms with Crippen LogP contribution >= 0.6 is 15.9 Å². The maximum Gasteiger partial charge on any atom is 0.225 e. The van der Waals surface area contributed by atoms with Crippen LogP contribution in [-0.4, -0.2) is 5.16 Å². The van der Waals surface area contributed by atoms with Crippen molar-refractivity contribution in [3.63, 3.8) is 0 Å². The van der Waals surface area contributed by atoms with Gasteiger partial charge in [-0.2, -0.15) is 0 Å². The van der Waals surface area contributed by atoms with Gasteiger partial charge in [0.2, 0.25) is 5.88 Å². The van der Waals surface area contributed by atoms with Crippen molar-refractivity contribution >= 4 is 21.8 Å². The van der Waals surface area contributed by atoms with E-state index in [0.29, 0.717) is 16.2 Å². The highest BCUT2D eigenvalue weighted by Crippen LogP contribution is 2.28. The minimum atomic E-state index is 0.340. The summed E-state index contributed by atoms with van der Waals surface area (Å²) in [5.41, 5.74) is 7.91. The number of nitrogens with zero attached hydrogens (tertiary/aromatic N) is 1. The summed E-state index contributed by atoms with van der Waals surface area (Å²) in [5.74, 6) is 0.340. The molecule has 0 aromatic carbocycles. The fraction of sp³-hybridized carbons (Fsp3) is 0.125. The molecule has 0 saturated heterocycles. The van der Waals surface area contributed by atoms with Gasteiger partial charge >= 0.3 is 0 Å². The lowest BCUT2D eigenvalue weighted by atomic mass is 10.2. The van der Waals surface area contributed by atoms with Gasteiger partial charge in [-0.05, 0) is 22.9 Å². The maximum atomic E-state index is 5.51. The molecule has 0 bridgehead atoms. The van der Waals surface area contributed by atoms with Crippen LogP contribution in [0.25, 0.3) is 11.3 Å². The number of furan rings is 1. The number of aromatic nitrogens is 1. The summed E-state index contributed by atoms with van der Waals surface area (Å²) in [7, 11) is 0. The average Bonchev–Trinajstić information content (AvgIpc) is 2.62. The van der Waals surface area contributed by atoms with Gasteiger partial charge in [-0.15, -0.1) is 0 Å². The van der Waals surface area contributed by atoms with Gasteiger partial charge in [-0.25, -0.2) is 0 Å². The second-order valence-electron chi connectivity index (χ2n) is 2.66. The van der Waals surface area contributed by atoms with Crippen LogP contribution in [0.15, 0.2) is 25.9 Å². The molecule has 0 aliphatic heterocycles. The van der Waals surface area contributed by atoms with E-state index in [1.807, 2.05) is 13.0 Å². The second-order valence-corrected chi connectivity index (χ2v) is 3.44. The Balaban J connectivity index is 2.52. The highest BCUT2D eigenvalue weighted by atomic mass is 79.9. The van der Waals surface area contributed by atoms with Gasteiger partial charge < -0.3 is 14.7 Å². The van der Waals surface area contributed by atoms with Crippen molar-refractivity contribution in [3.05, 3.63) is 22.6 Å². The molecule has 4 nitrogen and oxygen atoms in total. The fourth-order valence-corrected chi connectivity index (χ4v) is 1.39. The largest absolute Gasteiger partial charge is 0.457 e.